The van der Waals surface area contributed by atoms with Crippen molar-refractivity contribution in [3.05, 3.63) is 0 Å². The van der Waals surface area contributed by atoms with Crippen LogP contribution < -0.4 is 0 Å². The van der Waals surface area contributed by atoms with E-state index < -0.39 is 64.6 Å². The predicted molar refractivity (Wildman–Crippen MR) is 81.2 cm³/mol. The van der Waals surface area contributed by atoms with Gasteiger partial charge in [0, 0.05) is 0 Å². The summed E-state index contributed by atoms with van der Waals surface area (Å²) in [6.45, 7) is 0. The van der Waals surface area contributed by atoms with E-state index in [-0.39, 0.29) is 26.2 Å². The SMILES string of the molecule is N#CC(F)C(F)(F)S(=O)(=O)[O-].N#CC(F)C(F)(F)S(=O)(=O)[O-].N#CC(F)C(F)(F)S(=O)(=O)[O-].[Bi+3]. The Morgan fingerprint density at radius 3 is 0.676 bits per heavy atom. The van der Waals surface area contributed by atoms with Crippen LogP contribution in [0.1, 0.15) is 0 Å². The molecule has 0 aromatic heterocycles. The van der Waals surface area contributed by atoms with Crippen LogP contribution in [0, 0.1) is 34.0 Å². The molecule has 0 aromatic carbocycles. The summed E-state index contributed by atoms with van der Waals surface area (Å²) in [5, 5.41) is 7.08. The van der Waals surface area contributed by atoms with Crippen LogP contribution in [0.15, 0.2) is 0 Å². The van der Waals surface area contributed by atoms with E-state index in [1.165, 1.54) is 0 Å². The Labute approximate surface area is 202 Å². The molecule has 0 aliphatic heterocycles. The Bertz CT molecular complexity index is 985. The molecule has 0 spiro atoms. The first-order valence-corrected chi connectivity index (χ1v) is 10.5. The van der Waals surface area contributed by atoms with Gasteiger partial charge in [-0.15, -0.1) is 0 Å². The van der Waals surface area contributed by atoms with Crippen molar-refractivity contribution in [3.8, 4) is 18.2 Å². The van der Waals surface area contributed by atoms with Gasteiger partial charge in [0.1, 0.15) is 18.2 Å². The Kier molecular flexibility index (Phi) is 15.8. The monoisotopic (exact) mass is 773 g/mol. The van der Waals surface area contributed by atoms with E-state index in [0.29, 0.717) is 18.2 Å². The standard InChI is InChI=1S/3C3H2F3NO3S.Bi/c3*4-2(1-7)3(5,6)11(8,9)10;/h3*2H,(H,8,9,10);/q;;;+3/p-3. The fourth-order valence-corrected chi connectivity index (χ4v) is 1.52. The van der Waals surface area contributed by atoms with E-state index in [9.17, 15) is 78.4 Å². The van der Waals surface area contributed by atoms with Gasteiger partial charge in [-0.3, -0.25) is 0 Å². The zero-order valence-electron chi connectivity index (χ0n) is 14.8. The van der Waals surface area contributed by atoms with Gasteiger partial charge in [0.2, 0.25) is 0 Å². The molecule has 0 bridgehead atoms. The van der Waals surface area contributed by atoms with Crippen LogP contribution in [0.5, 0.6) is 0 Å². The molecule has 0 amide bonds. The summed E-state index contributed by atoms with van der Waals surface area (Å²) >= 11 is 0. The van der Waals surface area contributed by atoms with Crippen molar-refractivity contribution in [2.45, 2.75) is 34.3 Å². The first kappa shape index (κ1) is 39.7. The summed E-state index contributed by atoms with van der Waals surface area (Å²) in [6, 6.07) is 0.948. The molecule has 0 aliphatic rings. The molecule has 0 saturated carbocycles. The minimum absolute atomic E-state index is 0. The Balaban J connectivity index is -0.000000196. The van der Waals surface area contributed by atoms with E-state index >= 15 is 0 Å². The van der Waals surface area contributed by atoms with Crippen molar-refractivity contribution < 1.29 is 78.4 Å². The van der Waals surface area contributed by atoms with Crippen LogP contribution in [-0.2, 0) is 30.4 Å². The number of nitriles is 3. The van der Waals surface area contributed by atoms with Gasteiger partial charge >= 0.3 is 42.0 Å². The van der Waals surface area contributed by atoms with Gasteiger partial charge in [-0.25, -0.2) is 38.4 Å². The molecule has 0 aromatic rings. The van der Waals surface area contributed by atoms with Crippen molar-refractivity contribution in [2.75, 3.05) is 0 Å². The molecule has 2 radical (unpaired) electrons. The van der Waals surface area contributed by atoms with E-state index in [4.69, 9.17) is 15.8 Å². The summed E-state index contributed by atoms with van der Waals surface area (Å²) in [4.78, 5) is 0. The van der Waals surface area contributed by atoms with Gasteiger partial charge in [0.25, 0.3) is 18.5 Å². The van der Waals surface area contributed by atoms with Gasteiger partial charge in [-0.2, -0.15) is 42.1 Å². The molecule has 34 heavy (non-hydrogen) atoms. The number of rotatable bonds is 6. The Morgan fingerprint density at radius 1 is 0.529 bits per heavy atom. The predicted octanol–water partition coefficient (Wildman–Crippen LogP) is -0.423. The first-order valence-electron chi connectivity index (χ1n) is 6.30. The summed E-state index contributed by atoms with van der Waals surface area (Å²) in [6.07, 6.45) is -10.9. The Hall–Kier alpha value is -1.55. The summed E-state index contributed by atoms with van der Waals surface area (Å²) in [5.74, 6) is 0. The maximum atomic E-state index is 11.8. The van der Waals surface area contributed by atoms with E-state index in [1.54, 1.807) is 0 Å². The van der Waals surface area contributed by atoms with Crippen LogP contribution >= 0.6 is 0 Å². The molecule has 25 heteroatoms. The van der Waals surface area contributed by atoms with Gasteiger partial charge in [0.05, 0.1) is 0 Å². The number of alkyl halides is 9. The van der Waals surface area contributed by atoms with Crippen LogP contribution in [0.4, 0.5) is 39.5 Å². The molecule has 0 N–H and O–H groups in total. The number of nitrogens with zero attached hydrogens (tertiary/aromatic N) is 3. The summed E-state index contributed by atoms with van der Waals surface area (Å²) in [5.41, 5.74) is 0. The topological polar surface area (TPSA) is 243 Å². The van der Waals surface area contributed by atoms with Crippen molar-refractivity contribution in [2.24, 2.45) is 0 Å². The number of hydrogen-bond acceptors (Lipinski definition) is 12. The summed E-state index contributed by atoms with van der Waals surface area (Å²) in [7, 11) is -18.3. The molecule has 0 rings (SSSR count). The number of hydrogen-bond donors (Lipinski definition) is 0. The van der Waals surface area contributed by atoms with Crippen LogP contribution in [0.2, 0.25) is 0 Å². The van der Waals surface area contributed by atoms with Gasteiger partial charge in [-0.05, 0) is 0 Å². The maximum Gasteiger partial charge on any atom is 3.00 e. The molecule has 0 fully saturated rings. The largest absolute Gasteiger partial charge is 3.00 e. The first-order chi connectivity index (χ1) is 14.2. The Morgan fingerprint density at radius 2 is 0.647 bits per heavy atom. The normalized spacial score (nSPS) is 15.1. The van der Waals surface area contributed by atoms with Crippen molar-refractivity contribution >= 4 is 56.6 Å². The maximum absolute atomic E-state index is 11.8. The molecule has 3 unspecified atom stereocenters. The fourth-order valence-electron chi connectivity index (χ4n) is 0.606. The molecule has 194 valence electrons. The van der Waals surface area contributed by atoms with Crippen LogP contribution in [0.3, 0.4) is 0 Å². The molecular weight excluding hydrogens is 770 g/mol. The van der Waals surface area contributed by atoms with Gasteiger partial charge < -0.3 is 13.7 Å². The molecule has 0 saturated heterocycles. The van der Waals surface area contributed by atoms with E-state index in [2.05, 4.69) is 0 Å². The average Bonchev–Trinajstić information content (AvgIpc) is 2.63. The van der Waals surface area contributed by atoms with Gasteiger partial charge in [-0.1, -0.05) is 0 Å². The third-order valence-corrected chi connectivity index (χ3v) is 4.85. The third-order valence-electron chi connectivity index (χ3n) is 2.23. The zero-order valence-corrected chi connectivity index (χ0v) is 20.7. The average molecular weight is 773 g/mol. The second-order valence-electron chi connectivity index (χ2n) is 4.52. The molecule has 0 heterocycles. The van der Waals surface area contributed by atoms with Crippen molar-refractivity contribution in [3.63, 3.8) is 0 Å². The second kappa shape index (κ2) is 13.5. The van der Waals surface area contributed by atoms with Crippen LogP contribution in [0.25, 0.3) is 0 Å². The minimum atomic E-state index is -6.09. The van der Waals surface area contributed by atoms with Crippen molar-refractivity contribution in [1.82, 2.24) is 0 Å². The van der Waals surface area contributed by atoms with E-state index in [0.717, 1.165) is 0 Å². The molecule has 12 nitrogen and oxygen atoms in total. The van der Waals surface area contributed by atoms with Gasteiger partial charge in [0.15, 0.2) is 30.4 Å². The smallest absolute Gasteiger partial charge is 0.743 e. The van der Waals surface area contributed by atoms with Crippen LogP contribution in [-0.4, -0.2) is 99.4 Å². The van der Waals surface area contributed by atoms with E-state index in [1.807, 2.05) is 0 Å². The zero-order chi connectivity index (χ0) is 27.9. The molecule has 3 atom stereocenters. The summed E-state index contributed by atoms with van der Waals surface area (Å²) < 4.78 is 192. The van der Waals surface area contributed by atoms with Crippen molar-refractivity contribution in [1.29, 1.82) is 15.8 Å². The minimum Gasteiger partial charge on any atom is -0.743 e. The molecule has 0 aliphatic carbocycles. The number of halogens is 9. The fraction of sp³-hybridized carbons (Fsp3) is 0.667. The second-order valence-corrected chi connectivity index (χ2v) is 8.88. The quantitative estimate of drug-likeness (QED) is 0.190. The molecular formula is C9H3BiF9N3O9S3. The third kappa shape index (κ3) is 10.8.